The minimum absolute atomic E-state index is 0.106. The number of nitrogens with zero attached hydrogens (tertiary/aromatic N) is 5. The first-order chi connectivity index (χ1) is 13.9. The molecule has 1 aliphatic carbocycles. The van der Waals surface area contributed by atoms with Gasteiger partial charge in [0.1, 0.15) is 11.6 Å². The smallest absolute Gasteiger partial charge is 0.327 e. The molecule has 2 aromatic heterocycles. The summed E-state index contributed by atoms with van der Waals surface area (Å²) in [5, 5.41) is 23.8. The van der Waals surface area contributed by atoms with Crippen LogP contribution in [-0.2, 0) is 11.3 Å². The van der Waals surface area contributed by atoms with Crippen LogP contribution in [0.2, 0.25) is 0 Å². The van der Waals surface area contributed by atoms with Crippen LogP contribution in [0, 0.1) is 11.2 Å². The van der Waals surface area contributed by atoms with Gasteiger partial charge in [-0.15, -0.1) is 10.2 Å². The molecule has 152 valence electrons. The van der Waals surface area contributed by atoms with Crippen molar-refractivity contribution in [1.82, 2.24) is 25.4 Å². The van der Waals surface area contributed by atoms with Gasteiger partial charge < -0.3 is 19.1 Å². The summed E-state index contributed by atoms with van der Waals surface area (Å²) in [5.74, 6) is -0.454. The number of carbonyl (C=O) groups is 1. The molecule has 1 fully saturated rings. The Kier molecular flexibility index (Phi) is 5.18. The highest BCUT2D eigenvalue weighted by atomic mass is 79.9. The molecule has 0 amide bonds. The molecule has 3 aromatic rings. The Balaban J connectivity index is 1.33. The summed E-state index contributed by atoms with van der Waals surface area (Å²) in [7, 11) is 0. The predicted molar refractivity (Wildman–Crippen MR) is 97.7 cm³/mol. The van der Waals surface area contributed by atoms with Gasteiger partial charge in [-0.1, -0.05) is 0 Å². The summed E-state index contributed by atoms with van der Waals surface area (Å²) < 4.78 is 30.6. The fourth-order valence-corrected chi connectivity index (χ4v) is 2.88. The number of benzene rings is 1. The zero-order valence-electron chi connectivity index (χ0n) is 14.9. The lowest BCUT2D eigenvalue weighted by molar-refractivity contribution is -0.138. The standard InChI is InChI=1S/C17H15BrFN5O5/c18-11-2-1-10(19)5-12(11)27-8-17(3-4-17)9-28-14-6-13(29-22-14)16-20-23-24(21-16)7-15(25)26/h1-2,5-6H,3-4,7-9H2,(H,25,26). The average Bonchev–Trinajstić information content (AvgIpc) is 3.07. The van der Waals surface area contributed by atoms with Gasteiger partial charge >= 0.3 is 5.97 Å². The number of tetrazole rings is 1. The summed E-state index contributed by atoms with van der Waals surface area (Å²) in [6.45, 7) is 0.324. The summed E-state index contributed by atoms with van der Waals surface area (Å²) in [4.78, 5) is 11.6. The Bertz CT molecular complexity index is 1030. The SMILES string of the molecule is O=C(O)Cn1nnc(-c2cc(OCC3(COc4cc(F)ccc4Br)CC3)no2)n1. The zero-order chi connectivity index (χ0) is 20.4. The number of rotatable bonds is 9. The molecule has 1 N–H and O–H groups in total. The highest BCUT2D eigenvalue weighted by Crippen LogP contribution is 2.46. The van der Waals surface area contributed by atoms with E-state index >= 15 is 0 Å². The van der Waals surface area contributed by atoms with Crippen molar-refractivity contribution in [3.05, 3.63) is 34.6 Å². The maximum absolute atomic E-state index is 13.4. The molecule has 1 aliphatic rings. The van der Waals surface area contributed by atoms with Crippen LogP contribution >= 0.6 is 15.9 Å². The second kappa shape index (κ2) is 7.78. The largest absolute Gasteiger partial charge is 0.492 e. The molecule has 0 aliphatic heterocycles. The average molecular weight is 468 g/mol. The molecule has 2 heterocycles. The Morgan fingerprint density at radius 2 is 2.10 bits per heavy atom. The monoisotopic (exact) mass is 467 g/mol. The third-order valence-corrected chi connectivity index (χ3v) is 5.00. The van der Waals surface area contributed by atoms with Gasteiger partial charge in [-0.05, 0) is 51.3 Å². The highest BCUT2D eigenvalue weighted by molar-refractivity contribution is 9.10. The maximum Gasteiger partial charge on any atom is 0.327 e. The summed E-state index contributed by atoms with van der Waals surface area (Å²) in [6.07, 6.45) is 1.82. The first kappa shape index (κ1) is 19.3. The number of carboxylic acid groups (broad SMARTS) is 1. The molecular formula is C17H15BrFN5O5. The Morgan fingerprint density at radius 3 is 2.86 bits per heavy atom. The van der Waals surface area contributed by atoms with Crippen molar-refractivity contribution in [3.63, 3.8) is 0 Å². The first-order valence-electron chi connectivity index (χ1n) is 8.60. The number of hydrogen-bond donors (Lipinski definition) is 1. The number of ether oxygens (including phenoxy) is 2. The van der Waals surface area contributed by atoms with E-state index < -0.39 is 12.5 Å². The van der Waals surface area contributed by atoms with Gasteiger partial charge in [0.05, 0.1) is 23.8 Å². The van der Waals surface area contributed by atoms with Crippen LogP contribution in [0.4, 0.5) is 4.39 Å². The third-order valence-electron chi connectivity index (χ3n) is 4.35. The van der Waals surface area contributed by atoms with Gasteiger partial charge in [-0.2, -0.15) is 4.80 Å². The zero-order valence-corrected chi connectivity index (χ0v) is 16.5. The van der Waals surface area contributed by atoms with Crippen molar-refractivity contribution in [2.24, 2.45) is 5.41 Å². The number of aliphatic carboxylic acids is 1. The topological polar surface area (TPSA) is 125 Å². The summed E-state index contributed by atoms with van der Waals surface area (Å²) in [5.41, 5.74) is -0.173. The van der Waals surface area contributed by atoms with Gasteiger partial charge in [0, 0.05) is 11.5 Å². The minimum Gasteiger partial charge on any atom is -0.492 e. The molecule has 0 atom stereocenters. The lowest BCUT2D eigenvalue weighted by atomic mass is 10.1. The van der Waals surface area contributed by atoms with Crippen molar-refractivity contribution in [3.8, 4) is 23.2 Å². The number of halogens is 2. The van der Waals surface area contributed by atoms with E-state index in [4.69, 9.17) is 19.1 Å². The van der Waals surface area contributed by atoms with E-state index in [1.54, 1.807) is 6.07 Å². The van der Waals surface area contributed by atoms with Crippen LogP contribution in [0.5, 0.6) is 11.6 Å². The minimum atomic E-state index is -1.09. The second-order valence-electron chi connectivity index (χ2n) is 6.72. The summed E-state index contributed by atoms with van der Waals surface area (Å²) in [6, 6.07) is 5.78. The third kappa shape index (κ3) is 4.70. The molecule has 0 radical (unpaired) electrons. The molecule has 1 aromatic carbocycles. The van der Waals surface area contributed by atoms with Crippen LogP contribution in [0.25, 0.3) is 11.6 Å². The molecule has 4 rings (SSSR count). The van der Waals surface area contributed by atoms with Gasteiger partial charge in [0.25, 0.3) is 5.88 Å². The number of carboxylic acids is 1. The van der Waals surface area contributed by atoms with E-state index in [1.165, 1.54) is 18.2 Å². The Morgan fingerprint density at radius 1 is 1.31 bits per heavy atom. The van der Waals surface area contributed by atoms with E-state index in [9.17, 15) is 9.18 Å². The van der Waals surface area contributed by atoms with Crippen LogP contribution in [0.1, 0.15) is 12.8 Å². The lowest BCUT2D eigenvalue weighted by Crippen LogP contribution is -2.21. The molecular weight excluding hydrogens is 453 g/mol. The number of aromatic nitrogens is 5. The van der Waals surface area contributed by atoms with E-state index in [1.807, 2.05) is 0 Å². The molecule has 12 heteroatoms. The van der Waals surface area contributed by atoms with E-state index in [0.717, 1.165) is 17.6 Å². The van der Waals surface area contributed by atoms with E-state index in [2.05, 4.69) is 36.5 Å². The Hall–Kier alpha value is -3.02. The normalized spacial score (nSPS) is 14.6. The maximum atomic E-state index is 13.4. The van der Waals surface area contributed by atoms with E-state index in [-0.39, 0.29) is 28.7 Å². The van der Waals surface area contributed by atoms with Crippen LogP contribution in [0.3, 0.4) is 0 Å². The van der Waals surface area contributed by atoms with Crippen molar-refractivity contribution < 1.29 is 28.3 Å². The molecule has 29 heavy (non-hydrogen) atoms. The second-order valence-corrected chi connectivity index (χ2v) is 7.57. The van der Waals surface area contributed by atoms with Gasteiger partial charge in [0.2, 0.25) is 11.6 Å². The fourth-order valence-electron chi connectivity index (χ4n) is 2.52. The van der Waals surface area contributed by atoms with Crippen molar-refractivity contribution in [2.45, 2.75) is 19.4 Å². The van der Waals surface area contributed by atoms with Gasteiger partial charge in [0.15, 0.2) is 6.54 Å². The van der Waals surface area contributed by atoms with Crippen LogP contribution < -0.4 is 9.47 Å². The molecule has 0 saturated heterocycles. The van der Waals surface area contributed by atoms with E-state index in [0.29, 0.717) is 23.4 Å². The van der Waals surface area contributed by atoms with Gasteiger partial charge in [-0.3, -0.25) is 4.79 Å². The molecule has 0 bridgehead atoms. The lowest BCUT2D eigenvalue weighted by Gasteiger charge is -2.16. The van der Waals surface area contributed by atoms with Crippen molar-refractivity contribution in [1.29, 1.82) is 0 Å². The highest BCUT2D eigenvalue weighted by Gasteiger charge is 2.45. The van der Waals surface area contributed by atoms with Crippen LogP contribution in [0.15, 0.2) is 33.3 Å². The quantitative estimate of drug-likeness (QED) is 0.504. The van der Waals surface area contributed by atoms with Crippen molar-refractivity contribution >= 4 is 21.9 Å². The summed E-state index contributed by atoms with van der Waals surface area (Å²) >= 11 is 3.34. The molecule has 10 nitrogen and oxygen atoms in total. The Labute approximate surface area is 171 Å². The van der Waals surface area contributed by atoms with Crippen molar-refractivity contribution in [2.75, 3.05) is 13.2 Å². The molecule has 1 saturated carbocycles. The fraction of sp³-hybridized carbons (Fsp3) is 0.353. The predicted octanol–water partition coefficient (Wildman–Crippen LogP) is 2.55. The number of hydrogen-bond acceptors (Lipinski definition) is 8. The first-order valence-corrected chi connectivity index (χ1v) is 9.39. The molecule has 0 spiro atoms. The molecule has 0 unspecified atom stereocenters. The van der Waals surface area contributed by atoms with Crippen LogP contribution in [-0.4, -0.2) is 49.7 Å². The van der Waals surface area contributed by atoms with Gasteiger partial charge in [-0.25, -0.2) is 4.39 Å².